The lowest BCUT2D eigenvalue weighted by Gasteiger charge is -2.21. The van der Waals surface area contributed by atoms with Gasteiger partial charge >= 0.3 is 0 Å². The van der Waals surface area contributed by atoms with E-state index < -0.39 is 0 Å². The van der Waals surface area contributed by atoms with Gasteiger partial charge in [0, 0.05) is 26.6 Å². The van der Waals surface area contributed by atoms with Crippen molar-refractivity contribution in [2.45, 2.75) is 39.5 Å². The Bertz CT molecular complexity index is 383. The first-order valence-electron chi connectivity index (χ1n) is 8.49. The maximum atomic E-state index is 5.31. The molecule has 0 bridgehead atoms. The lowest BCUT2D eigenvalue weighted by atomic mass is 10.3. The molecule has 2 N–H and O–H groups in total. The van der Waals surface area contributed by atoms with Crippen LogP contribution in [0.15, 0.2) is 27.8 Å². The standard InChI is InChI=1S/C17H32N4O/c1-4-12-21(13-5-2)14-7-10-19-17(18-3)20-11-9-16-8-6-15-22-16/h6,8,15H,4-5,7,9-14H2,1-3H3,(H2,18,19,20). The second kappa shape index (κ2) is 12.1. The zero-order valence-electron chi connectivity index (χ0n) is 14.4. The fraction of sp³-hybridized carbons (Fsp3) is 0.706. The molecule has 0 aliphatic heterocycles. The summed E-state index contributed by atoms with van der Waals surface area (Å²) in [5.74, 6) is 1.86. The van der Waals surface area contributed by atoms with E-state index in [0.29, 0.717) is 0 Å². The summed E-state index contributed by atoms with van der Waals surface area (Å²) in [5.41, 5.74) is 0. The van der Waals surface area contributed by atoms with Gasteiger partial charge in [-0.25, -0.2) is 0 Å². The Morgan fingerprint density at radius 3 is 2.45 bits per heavy atom. The van der Waals surface area contributed by atoms with Crippen molar-refractivity contribution in [2.75, 3.05) is 39.8 Å². The number of rotatable bonds is 11. The van der Waals surface area contributed by atoms with Crippen molar-refractivity contribution >= 4 is 5.96 Å². The Hall–Kier alpha value is -1.49. The van der Waals surface area contributed by atoms with Gasteiger partial charge in [0.1, 0.15) is 5.76 Å². The highest BCUT2D eigenvalue weighted by molar-refractivity contribution is 5.79. The average molecular weight is 308 g/mol. The lowest BCUT2D eigenvalue weighted by Crippen LogP contribution is -2.39. The minimum Gasteiger partial charge on any atom is -0.469 e. The topological polar surface area (TPSA) is 52.8 Å². The molecule has 0 aromatic carbocycles. The Morgan fingerprint density at radius 1 is 1.14 bits per heavy atom. The fourth-order valence-electron chi connectivity index (χ4n) is 2.46. The van der Waals surface area contributed by atoms with Crippen LogP contribution < -0.4 is 10.6 Å². The van der Waals surface area contributed by atoms with Gasteiger partial charge in [0.15, 0.2) is 5.96 Å². The van der Waals surface area contributed by atoms with E-state index in [1.54, 1.807) is 6.26 Å². The van der Waals surface area contributed by atoms with E-state index in [4.69, 9.17) is 4.42 Å². The Labute approximate surface area is 135 Å². The third-order valence-corrected chi connectivity index (χ3v) is 3.49. The molecule has 0 fully saturated rings. The monoisotopic (exact) mass is 308 g/mol. The van der Waals surface area contributed by atoms with Crippen LogP contribution in [-0.2, 0) is 6.42 Å². The zero-order chi connectivity index (χ0) is 16.0. The Balaban J connectivity index is 2.12. The van der Waals surface area contributed by atoms with Crippen molar-refractivity contribution in [3.63, 3.8) is 0 Å². The molecule has 1 heterocycles. The van der Waals surface area contributed by atoms with Crippen LogP contribution in [0.4, 0.5) is 0 Å². The van der Waals surface area contributed by atoms with Crippen LogP contribution >= 0.6 is 0 Å². The molecule has 5 heteroatoms. The maximum absolute atomic E-state index is 5.31. The van der Waals surface area contributed by atoms with Gasteiger partial charge in [-0.2, -0.15) is 0 Å². The molecule has 1 rings (SSSR count). The Morgan fingerprint density at radius 2 is 1.86 bits per heavy atom. The molecule has 22 heavy (non-hydrogen) atoms. The first kappa shape index (κ1) is 18.6. The van der Waals surface area contributed by atoms with Gasteiger partial charge in [0.05, 0.1) is 6.26 Å². The maximum Gasteiger partial charge on any atom is 0.190 e. The van der Waals surface area contributed by atoms with Crippen LogP contribution in [-0.4, -0.2) is 50.6 Å². The molecule has 0 aliphatic carbocycles. The molecule has 0 amide bonds. The van der Waals surface area contributed by atoms with Crippen molar-refractivity contribution in [3.05, 3.63) is 24.2 Å². The molecular weight excluding hydrogens is 276 g/mol. The number of hydrogen-bond donors (Lipinski definition) is 2. The molecule has 0 saturated carbocycles. The van der Waals surface area contributed by atoms with Crippen molar-refractivity contribution in [2.24, 2.45) is 4.99 Å². The van der Waals surface area contributed by atoms with Crippen LogP contribution in [0, 0.1) is 0 Å². The summed E-state index contributed by atoms with van der Waals surface area (Å²) in [6.45, 7) is 9.80. The van der Waals surface area contributed by atoms with Crippen LogP contribution in [0.2, 0.25) is 0 Å². The predicted molar refractivity (Wildman–Crippen MR) is 93.4 cm³/mol. The highest BCUT2D eigenvalue weighted by atomic mass is 16.3. The molecule has 0 atom stereocenters. The van der Waals surface area contributed by atoms with E-state index in [1.165, 1.54) is 25.9 Å². The molecule has 0 aliphatic rings. The van der Waals surface area contributed by atoms with Crippen LogP contribution in [0.5, 0.6) is 0 Å². The van der Waals surface area contributed by atoms with E-state index in [9.17, 15) is 0 Å². The van der Waals surface area contributed by atoms with E-state index in [0.717, 1.165) is 44.2 Å². The van der Waals surface area contributed by atoms with Crippen LogP contribution in [0.1, 0.15) is 38.9 Å². The summed E-state index contributed by atoms with van der Waals surface area (Å²) in [7, 11) is 1.81. The second-order valence-electron chi connectivity index (χ2n) is 5.45. The fourth-order valence-corrected chi connectivity index (χ4v) is 2.46. The first-order valence-corrected chi connectivity index (χ1v) is 8.49. The van der Waals surface area contributed by atoms with Crippen molar-refractivity contribution in [1.82, 2.24) is 15.5 Å². The van der Waals surface area contributed by atoms with E-state index in [-0.39, 0.29) is 0 Å². The average Bonchev–Trinajstić information content (AvgIpc) is 3.03. The van der Waals surface area contributed by atoms with Gasteiger partial charge < -0.3 is 20.0 Å². The van der Waals surface area contributed by atoms with Crippen molar-refractivity contribution in [1.29, 1.82) is 0 Å². The van der Waals surface area contributed by atoms with E-state index >= 15 is 0 Å². The molecule has 0 saturated heterocycles. The quantitative estimate of drug-likeness (QED) is 0.375. The summed E-state index contributed by atoms with van der Waals surface area (Å²) in [6, 6.07) is 3.91. The third kappa shape index (κ3) is 8.08. The van der Waals surface area contributed by atoms with E-state index in [1.807, 2.05) is 19.2 Å². The van der Waals surface area contributed by atoms with Gasteiger partial charge in [-0.3, -0.25) is 4.99 Å². The SMILES string of the molecule is CCCN(CCC)CCCNC(=NC)NCCc1ccco1. The van der Waals surface area contributed by atoms with Crippen molar-refractivity contribution < 1.29 is 4.42 Å². The minimum atomic E-state index is 0.824. The minimum absolute atomic E-state index is 0.824. The highest BCUT2D eigenvalue weighted by Crippen LogP contribution is 1.99. The predicted octanol–water partition coefficient (Wildman–Crippen LogP) is 2.50. The van der Waals surface area contributed by atoms with Gasteiger partial charge in [0.2, 0.25) is 0 Å². The summed E-state index contributed by atoms with van der Waals surface area (Å²) in [5, 5.41) is 6.68. The van der Waals surface area contributed by atoms with Crippen molar-refractivity contribution in [3.8, 4) is 0 Å². The molecule has 0 radical (unpaired) electrons. The largest absolute Gasteiger partial charge is 0.469 e. The van der Waals surface area contributed by atoms with Crippen LogP contribution in [0.25, 0.3) is 0 Å². The van der Waals surface area contributed by atoms with Gasteiger partial charge in [0.25, 0.3) is 0 Å². The molecule has 5 nitrogen and oxygen atoms in total. The number of hydrogen-bond acceptors (Lipinski definition) is 3. The smallest absolute Gasteiger partial charge is 0.190 e. The summed E-state index contributed by atoms with van der Waals surface area (Å²) >= 11 is 0. The summed E-state index contributed by atoms with van der Waals surface area (Å²) < 4.78 is 5.31. The number of furan rings is 1. The van der Waals surface area contributed by atoms with E-state index in [2.05, 4.69) is 34.4 Å². The first-order chi connectivity index (χ1) is 10.8. The lowest BCUT2D eigenvalue weighted by molar-refractivity contribution is 0.271. The van der Waals surface area contributed by atoms with Crippen LogP contribution in [0.3, 0.4) is 0 Å². The normalized spacial score (nSPS) is 11.9. The van der Waals surface area contributed by atoms with Gasteiger partial charge in [-0.15, -0.1) is 0 Å². The number of guanidine groups is 1. The molecule has 0 spiro atoms. The van der Waals surface area contributed by atoms with Gasteiger partial charge in [-0.1, -0.05) is 13.8 Å². The highest BCUT2D eigenvalue weighted by Gasteiger charge is 2.03. The number of aliphatic imine (C=N–C) groups is 1. The molecular formula is C17H32N4O. The molecule has 1 aromatic heterocycles. The molecule has 1 aromatic rings. The number of nitrogens with one attached hydrogen (secondary N) is 2. The number of nitrogens with zero attached hydrogens (tertiary/aromatic N) is 2. The second-order valence-corrected chi connectivity index (χ2v) is 5.45. The molecule has 126 valence electrons. The zero-order valence-corrected chi connectivity index (χ0v) is 14.4. The summed E-state index contributed by atoms with van der Waals surface area (Å²) in [6.07, 6.45) is 6.17. The molecule has 0 unspecified atom stereocenters. The summed E-state index contributed by atoms with van der Waals surface area (Å²) in [4.78, 5) is 6.78. The van der Waals surface area contributed by atoms with Gasteiger partial charge in [-0.05, 0) is 51.0 Å². The Kier molecular flexibility index (Phi) is 10.2. The third-order valence-electron chi connectivity index (χ3n) is 3.49.